The summed E-state index contributed by atoms with van der Waals surface area (Å²) >= 11 is 0. The van der Waals surface area contributed by atoms with Crippen LogP contribution in [0.3, 0.4) is 0 Å². The molecular formula is C15H20N4O. The van der Waals surface area contributed by atoms with Gasteiger partial charge >= 0.3 is 0 Å². The summed E-state index contributed by atoms with van der Waals surface area (Å²) in [6.45, 7) is 4.48. The van der Waals surface area contributed by atoms with Crippen molar-refractivity contribution in [1.29, 1.82) is 0 Å². The van der Waals surface area contributed by atoms with E-state index in [1.807, 2.05) is 32.0 Å². The molecule has 5 nitrogen and oxygen atoms in total. The van der Waals surface area contributed by atoms with Crippen molar-refractivity contribution in [2.75, 3.05) is 17.6 Å². The van der Waals surface area contributed by atoms with E-state index in [0.29, 0.717) is 18.7 Å². The quantitative estimate of drug-likeness (QED) is 0.729. The standard InChI is InChI=1S/C15H20N4O/c1-10(2)19-15(20)6-8-18-14-4-3-13(16)12-9-17-7-5-11(12)14/h3-5,7,9-10,18H,6,8,16H2,1-2H3,(H,19,20). The van der Waals surface area contributed by atoms with Crippen LogP contribution in [0.25, 0.3) is 10.8 Å². The lowest BCUT2D eigenvalue weighted by molar-refractivity contribution is -0.121. The Balaban J connectivity index is 2.04. The third-order valence-electron chi connectivity index (χ3n) is 2.97. The smallest absolute Gasteiger partial charge is 0.221 e. The van der Waals surface area contributed by atoms with Gasteiger partial charge in [-0.15, -0.1) is 0 Å². The number of carbonyl (C=O) groups excluding carboxylic acids is 1. The number of fused-ring (bicyclic) bond motifs is 1. The second-order valence-corrected chi connectivity index (χ2v) is 5.02. The number of nitrogen functional groups attached to an aromatic ring is 1. The fraction of sp³-hybridized carbons (Fsp3) is 0.333. The Morgan fingerprint density at radius 3 is 2.85 bits per heavy atom. The molecular weight excluding hydrogens is 252 g/mol. The van der Waals surface area contributed by atoms with Crippen LogP contribution in [0.4, 0.5) is 11.4 Å². The Hall–Kier alpha value is -2.30. The predicted molar refractivity (Wildman–Crippen MR) is 82.5 cm³/mol. The molecule has 1 amide bonds. The van der Waals surface area contributed by atoms with Gasteiger partial charge in [0.15, 0.2) is 0 Å². The molecule has 0 aliphatic carbocycles. The maximum absolute atomic E-state index is 11.6. The highest BCUT2D eigenvalue weighted by molar-refractivity contribution is 6.00. The first-order valence-electron chi connectivity index (χ1n) is 6.73. The Kier molecular flexibility index (Phi) is 4.40. The largest absolute Gasteiger partial charge is 0.398 e. The van der Waals surface area contributed by atoms with Crippen LogP contribution in [0, 0.1) is 0 Å². The molecule has 0 radical (unpaired) electrons. The van der Waals surface area contributed by atoms with Crippen molar-refractivity contribution >= 4 is 28.1 Å². The molecule has 106 valence electrons. The topological polar surface area (TPSA) is 80.0 Å². The van der Waals surface area contributed by atoms with Gasteiger partial charge in [-0.2, -0.15) is 0 Å². The maximum Gasteiger partial charge on any atom is 0.221 e. The van der Waals surface area contributed by atoms with Gasteiger partial charge in [-0.05, 0) is 32.0 Å². The zero-order chi connectivity index (χ0) is 14.5. The highest BCUT2D eigenvalue weighted by Gasteiger charge is 2.06. The normalized spacial score (nSPS) is 10.8. The summed E-state index contributed by atoms with van der Waals surface area (Å²) in [5.41, 5.74) is 7.60. The van der Waals surface area contributed by atoms with E-state index >= 15 is 0 Å². The lowest BCUT2D eigenvalue weighted by Crippen LogP contribution is -2.31. The van der Waals surface area contributed by atoms with Crippen molar-refractivity contribution in [3.05, 3.63) is 30.6 Å². The molecule has 1 aromatic heterocycles. The second kappa shape index (κ2) is 6.23. The molecule has 0 atom stereocenters. The van der Waals surface area contributed by atoms with Crippen LogP contribution in [0.5, 0.6) is 0 Å². The average molecular weight is 272 g/mol. The summed E-state index contributed by atoms with van der Waals surface area (Å²) in [6, 6.07) is 5.87. The molecule has 1 aromatic carbocycles. The molecule has 0 saturated carbocycles. The van der Waals surface area contributed by atoms with Crippen LogP contribution in [-0.4, -0.2) is 23.5 Å². The molecule has 5 heteroatoms. The van der Waals surface area contributed by atoms with Crippen molar-refractivity contribution < 1.29 is 4.79 Å². The Morgan fingerprint density at radius 1 is 1.30 bits per heavy atom. The minimum atomic E-state index is 0.0499. The monoisotopic (exact) mass is 272 g/mol. The number of aromatic nitrogens is 1. The van der Waals surface area contributed by atoms with Crippen molar-refractivity contribution in [3.63, 3.8) is 0 Å². The number of anilines is 2. The summed E-state index contributed by atoms with van der Waals surface area (Å²) in [5, 5.41) is 8.08. The molecule has 20 heavy (non-hydrogen) atoms. The Morgan fingerprint density at radius 2 is 2.10 bits per heavy atom. The van der Waals surface area contributed by atoms with E-state index in [9.17, 15) is 4.79 Å². The van der Waals surface area contributed by atoms with Gasteiger partial charge in [-0.1, -0.05) is 0 Å². The Labute approximate surface area is 118 Å². The first kappa shape index (κ1) is 14.1. The van der Waals surface area contributed by atoms with Crippen molar-refractivity contribution in [3.8, 4) is 0 Å². The van der Waals surface area contributed by atoms with Gasteiger partial charge in [0.2, 0.25) is 5.91 Å². The van der Waals surface area contributed by atoms with Gasteiger partial charge in [0.25, 0.3) is 0 Å². The highest BCUT2D eigenvalue weighted by Crippen LogP contribution is 2.27. The zero-order valence-electron chi connectivity index (χ0n) is 11.8. The van der Waals surface area contributed by atoms with Gasteiger partial charge in [0, 0.05) is 53.5 Å². The van der Waals surface area contributed by atoms with Gasteiger partial charge in [0.1, 0.15) is 0 Å². The van der Waals surface area contributed by atoms with Crippen LogP contribution in [0.1, 0.15) is 20.3 Å². The lowest BCUT2D eigenvalue weighted by atomic mass is 10.1. The molecule has 0 fully saturated rings. The van der Waals surface area contributed by atoms with Gasteiger partial charge in [-0.3, -0.25) is 9.78 Å². The second-order valence-electron chi connectivity index (χ2n) is 5.02. The van der Waals surface area contributed by atoms with Gasteiger partial charge < -0.3 is 16.4 Å². The number of nitrogens with zero attached hydrogens (tertiary/aromatic N) is 1. The number of nitrogens with two attached hydrogens (primary N) is 1. The van der Waals surface area contributed by atoms with Crippen LogP contribution in [-0.2, 0) is 4.79 Å². The third kappa shape index (κ3) is 3.38. The number of benzene rings is 1. The molecule has 2 rings (SSSR count). The lowest BCUT2D eigenvalue weighted by Gasteiger charge is -2.12. The van der Waals surface area contributed by atoms with E-state index in [0.717, 1.165) is 16.5 Å². The molecule has 0 spiro atoms. The summed E-state index contributed by atoms with van der Waals surface area (Å²) in [4.78, 5) is 15.7. The van der Waals surface area contributed by atoms with E-state index in [1.54, 1.807) is 12.4 Å². The van der Waals surface area contributed by atoms with E-state index in [-0.39, 0.29) is 11.9 Å². The molecule has 0 unspecified atom stereocenters. The van der Waals surface area contributed by atoms with Crippen molar-refractivity contribution in [2.45, 2.75) is 26.3 Å². The average Bonchev–Trinajstić information content (AvgIpc) is 2.41. The van der Waals surface area contributed by atoms with Gasteiger partial charge in [-0.25, -0.2) is 0 Å². The van der Waals surface area contributed by atoms with Crippen LogP contribution < -0.4 is 16.4 Å². The minimum Gasteiger partial charge on any atom is -0.398 e. The number of amides is 1. The number of pyridine rings is 1. The van der Waals surface area contributed by atoms with Crippen LogP contribution >= 0.6 is 0 Å². The molecule has 1 heterocycles. The number of hydrogen-bond acceptors (Lipinski definition) is 4. The van der Waals surface area contributed by atoms with Crippen LogP contribution in [0.15, 0.2) is 30.6 Å². The van der Waals surface area contributed by atoms with Crippen molar-refractivity contribution in [2.24, 2.45) is 0 Å². The van der Waals surface area contributed by atoms with Gasteiger partial charge in [0.05, 0.1) is 0 Å². The predicted octanol–water partition coefficient (Wildman–Crippen LogP) is 2.14. The SMILES string of the molecule is CC(C)NC(=O)CCNc1ccc(N)c2cnccc12. The molecule has 0 aliphatic heterocycles. The molecule has 0 aliphatic rings. The number of carbonyl (C=O) groups is 1. The third-order valence-corrected chi connectivity index (χ3v) is 2.97. The van der Waals surface area contributed by atoms with E-state index in [1.165, 1.54) is 0 Å². The Bertz CT molecular complexity index is 610. The maximum atomic E-state index is 11.6. The number of nitrogens with one attached hydrogen (secondary N) is 2. The fourth-order valence-electron chi connectivity index (χ4n) is 2.07. The minimum absolute atomic E-state index is 0.0499. The van der Waals surface area contributed by atoms with Crippen LogP contribution in [0.2, 0.25) is 0 Å². The van der Waals surface area contributed by atoms with Crippen molar-refractivity contribution in [1.82, 2.24) is 10.3 Å². The fourth-order valence-corrected chi connectivity index (χ4v) is 2.07. The highest BCUT2D eigenvalue weighted by atomic mass is 16.1. The summed E-state index contributed by atoms with van der Waals surface area (Å²) in [5.74, 6) is 0.0499. The van der Waals surface area contributed by atoms with E-state index in [4.69, 9.17) is 5.73 Å². The number of rotatable bonds is 5. The number of hydrogen-bond donors (Lipinski definition) is 3. The van der Waals surface area contributed by atoms with E-state index < -0.39 is 0 Å². The van der Waals surface area contributed by atoms with E-state index in [2.05, 4.69) is 15.6 Å². The molecule has 2 aromatic rings. The molecule has 0 saturated heterocycles. The summed E-state index contributed by atoms with van der Waals surface area (Å²) in [7, 11) is 0. The molecule has 0 bridgehead atoms. The zero-order valence-corrected chi connectivity index (χ0v) is 11.8. The first-order valence-corrected chi connectivity index (χ1v) is 6.73. The summed E-state index contributed by atoms with van der Waals surface area (Å²) < 4.78 is 0. The molecule has 4 N–H and O–H groups in total. The summed E-state index contributed by atoms with van der Waals surface area (Å²) in [6.07, 6.45) is 3.93. The first-order chi connectivity index (χ1) is 9.58.